The Balaban J connectivity index is 2.40. The number of hydrogen-bond donors (Lipinski definition) is 1. The van der Waals surface area contributed by atoms with Gasteiger partial charge in [-0.1, -0.05) is 18.5 Å². The van der Waals surface area contributed by atoms with Crippen LogP contribution in [-0.4, -0.2) is 18.9 Å². The van der Waals surface area contributed by atoms with Crippen molar-refractivity contribution >= 4 is 33.3 Å². The van der Waals surface area contributed by atoms with E-state index in [0.29, 0.717) is 17.4 Å². The van der Waals surface area contributed by atoms with Crippen molar-refractivity contribution in [3.05, 3.63) is 33.0 Å². The second-order valence-electron chi connectivity index (χ2n) is 4.97. The Bertz CT molecular complexity index is 500. The summed E-state index contributed by atoms with van der Waals surface area (Å²) >= 11 is 9.02. The molecule has 0 aliphatic carbocycles. The van der Waals surface area contributed by atoms with Crippen molar-refractivity contribution in [3.63, 3.8) is 0 Å². The van der Waals surface area contributed by atoms with Gasteiger partial charge < -0.3 is 5.32 Å². The van der Waals surface area contributed by atoms with Gasteiger partial charge in [0, 0.05) is 16.4 Å². The lowest BCUT2D eigenvalue weighted by molar-refractivity contribution is 0.0726. The van der Waals surface area contributed by atoms with E-state index in [9.17, 15) is 9.18 Å². The highest BCUT2D eigenvalue weighted by molar-refractivity contribution is 9.10. The average Bonchev–Trinajstić information content (AvgIpc) is 2.45. The number of Topliss-reactive ketones (excluding diaryl/α,β-unsaturated/α-hetero) is 1. The number of ketones is 1. The highest BCUT2D eigenvalue weighted by Crippen LogP contribution is 2.36. The number of benzene rings is 1. The van der Waals surface area contributed by atoms with Crippen molar-refractivity contribution in [3.8, 4) is 0 Å². The van der Waals surface area contributed by atoms with Gasteiger partial charge in [0.05, 0.1) is 10.6 Å². The molecule has 19 heavy (non-hydrogen) atoms. The fourth-order valence-electron chi connectivity index (χ4n) is 2.61. The Morgan fingerprint density at radius 1 is 1.58 bits per heavy atom. The Morgan fingerprint density at radius 2 is 2.32 bits per heavy atom. The molecule has 2 nitrogen and oxygen atoms in total. The number of nitrogens with one attached hydrogen (secondary N) is 1. The van der Waals surface area contributed by atoms with E-state index in [-0.39, 0.29) is 16.4 Å². The Hall–Kier alpha value is -0.450. The monoisotopic (exact) mass is 347 g/mol. The Labute approximate surface area is 125 Å². The fourth-order valence-corrected chi connectivity index (χ4v) is 3.08. The third kappa shape index (κ3) is 2.71. The summed E-state index contributed by atoms with van der Waals surface area (Å²) in [5.41, 5.74) is -0.408. The molecule has 0 saturated carbocycles. The number of carbonyl (C=O) groups excluding carboxylic acids is 1. The molecule has 1 heterocycles. The molecule has 1 aromatic carbocycles. The van der Waals surface area contributed by atoms with Gasteiger partial charge in [-0.25, -0.2) is 4.39 Å². The van der Waals surface area contributed by atoms with Crippen LogP contribution in [0.3, 0.4) is 0 Å². The first-order valence-corrected chi connectivity index (χ1v) is 7.58. The van der Waals surface area contributed by atoms with Crippen molar-refractivity contribution in [2.45, 2.75) is 26.2 Å². The third-order valence-corrected chi connectivity index (χ3v) is 5.17. The summed E-state index contributed by atoms with van der Waals surface area (Å²) in [6, 6.07) is 3.14. The van der Waals surface area contributed by atoms with Crippen LogP contribution in [0.2, 0.25) is 5.02 Å². The molecule has 0 spiro atoms. The number of carbonyl (C=O) groups is 1. The van der Waals surface area contributed by atoms with Gasteiger partial charge in [-0.3, -0.25) is 4.79 Å². The van der Waals surface area contributed by atoms with E-state index < -0.39 is 11.2 Å². The van der Waals surface area contributed by atoms with Crippen molar-refractivity contribution in [2.75, 3.05) is 13.1 Å². The van der Waals surface area contributed by atoms with E-state index in [0.717, 1.165) is 19.4 Å². The topological polar surface area (TPSA) is 29.1 Å². The maximum absolute atomic E-state index is 14.2. The first-order chi connectivity index (χ1) is 9.02. The molecule has 1 aliphatic heterocycles. The van der Waals surface area contributed by atoms with Crippen molar-refractivity contribution in [1.29, 1.82) is 0 Å². The fraction of sp³-hybridized carbons (Fsp3) is 0.500. The summed E-state index contributed by atoms with van der Waals surface area (Å²) in [6.07, 6.45) is 2.43. The number of hydrogen-bond acceptors (Lipinski definition) is 2. The molecule has 1 aliphatic rings. The first kappa shape index (κ1) is 14.9. The molecule has 1 aromatic rings. The SMILES string of the molecule is CCC1(C(=O)c2ccc(Br)c(Cl)c2F)CCCNC1. The lowest BCUT2D eigenvalue weighted by Gasteiger charge is -2.35. The minimum atomic E-state index is -0.626. The van der Waals surface area contributed by atoms with Crippen LogP contribution in [0.25, 0.3) is 0 Å². The van der Waals surface area contributed by atoms with Crippen LogP contribution < -0.4 is 5.32 Å². The Kier molecular flexibility index (Phi) is 4.64. The van der Waals surface area contributed by atoms with Crippen LogP contribution in [0.4, 0.5) is 4.39 Å². The number of halogens is 3. The summed E-state index contributed by atoms with van der Waals surface area (Å²) in [4.78, 5) is 12.7. The van der Waals surface area contributed by atoms with Gasteiger partial charge in [0.1, 0.15) is 0 Å². The number of piperidine rings is 1. The van der Waals surface area contributed by atoms with E-state index in [4.69, 9.17) is 11.6 Å². The normalized spacial score (nSPS) is 23.4. The molecule has 0 aromatic heterocycles. The van der Waals surface area contributed by atoms with Crippen LogP contribution in [-0.2, 0) is 0 Å². The third-order valence-electron chi connectivity index (χ3n) is 3.91. The lowest BCUT2D eigenvalue weighted by Crippen LogP contribution is -2.45. The summed E-state index contributed by atoms with van der Waals surface area (Å²) < 4.78 is 14.6. The zero-order chi connectivity index (χ0) is 14.0. The molecule has 104 valence electrons. The van der Waals surface area contributed by atoms with Crippen molar-refractivity contribution in [1.82, 2.24) is 5.32 Å². The predicted molar refractivity (Wildman–Crippen MR) is 78.3 cm³/mol. The van der Waals surface area contributed by atoms with Crippen LogP contribution in [0.5, 0.6) is 0 Å². The molecule has 0 amide bonds. The highest BCUT2D eigenvalue weighted by atomic mass is 79.9. The van der Waals surface area contributed by atoms with Gasteiger partial charge in [0.2, 0.25) is 0 Å². The molecule has 1 unspecified atom stereocenters. The standard InChI is InChI=1S/C14H16BrClFNO/c1-2-14(6-3-7-18-8-14)13(19)9-4-5-10(15)11(16)12(9)17/h4-5,18H,2-3,6-8H2,1H3. The molecule has 0 radical (unpaired) electrons. The minimum Gasteiger partial charge on any atom is -0.316 e. The van der Waals surface area contributed by atoms with E-state index in [2.05, 4.69) is 21.2 Å². The van der Waals surface area contributed by atoms with E-state index in [1.807, 2.05) is 6.92 Å². The maximum atomic E-state index is 14.2. The zero-order valence-corrected chi connectivity index (χ0v) is 13.1. The van der Waals surface area contributed by atoms with Gasteiger partial charge >= 0.3 is 0 Å². The molecule has 1 fully saturated rings. The lowest BCUT2D eigenvalue weighted by atomic mass is 9.72. The van der Waals surface area contributed by atoms with E-state index >= 15 is 0 Å². The quantitative estimate of drug-likeness (QED) is 0.655. The van der Waals surface area contributed by atoms with Crippen molar-refractivity contribution in [2.24, 2.45) is 5.41 Å². The Morgan fingerprint density at radius 3 is 2.89 bits per heavy atom. The summed E-state index contributed by atoms with van der Waals surface area (Å²) in [5.74, 6) is -0.770. The molecule has 1 N–H and O–H groups in total. The molecular weight excluding hydrogens is 333 g/mol. The molecule has 0 bridgehead atoms. The van der Waals surface area contributed by atoms with E-state index in [1.165, 1.54) is 6.07 Å². The van der Waals surface area contributed by atoms with Gasteiger partial charge in [-0.15, -0.1) is 0 Å². The molecule has 5 heteroatoms. The van der Waals surface area contributed by atoms with Crippen LogP contribution in [0.1, 0.15) is 36.5 Å². The minimum absolute atomic E-state index is 0.0270. The predicted octanol–water partition coefficient (Wildman–Crippen LogP) is 4.20. The smallest absolute Gasteiger partial charge is 0.173 e. The molecule has 1 atom stereocenters. The maximum Gasteiger partial charge on any atom is 0.173 e. The van der Waals surface area contributed by atoms with Crippen LogP contribution in [0, 0.1) is 11.2 Å². The summed E-state index contributed by atoms with van der Waals surface area (Å²) in [5, 5.41) is 3.21. The first-order valence-electron chi connectivity index (χ1n) is 6.41. The second-order valence-corrected chi connectivity index (χ2v) is 6.20. The number of rotatable bonds is 3. The van der Waals surface area contributed by atoms with Crippen LogP contribution in [0.15, 0.2) is 16.6 Å². The van der Waals surface area contributed by atoms with Gasteiger partial charge in [0.25, 0.3) is 0 Å². The molecular formula is C14H16BrClFNO. The van der Waals surface area contributed by atoms with Gasteiger partial charge in [0.15, 0.2) is 11.6 Å². The largest absolute Gasteiger partial charge is 0.316 e. The van der Waals surface area contributed by atoms with Crippen LogP contribution >= 0.6 is 27.5 Å². The zero-order valence-electron chi connectivity index (χ0n) is 10.7. The second kappa shape index (κ2) is 5.90. The molecule has 1 saturated heterocycles. The van der Waals surface area contributed by atoms with Gasteiger partial charge in [-0.05, 0) is 53.9 Å². The summed E-state index contributed by atoms with van der Waals surface area (Å²) in [7, 11) is 0. The molecule has 2 rings (SSSR count). The van der Waals surface area contributed by atoms with Crippen molar-refractivity contribution < 1.29 is 9.18 Å². The average molecular weight is 349 g/mol. The summed E-state index contributed by atoms with van der Waals surface area (Å²) in [6.45, 7) is 3.50. The van der Waals surface area contributed by atoms with E-state index in [1.54, 1.807) is 6.07 Å². The van der Waals surface area contributed by atoms with Gasteiger partial charge in [-0.2, -0.15) is 0 Å². The highest BCUT2D eigenvalue weighted by Gasteiger charge is 2.39.